The first-order valence-corrected chi connectivity index (χ1v) is 11.8. The maximum atomic E-state index is 12.8. The fourth-order valence-corrected chi connectivity index (χ4v) is 3.61. The lowest BCUT2D eigenvalue weighted by atomic mass is 10.0. The summed E-state index contributed by atoms with van der Waals surface area (Å²) in [6.07, 6.45) is 3.46. The average molecular weight is 528 g/mol. The van der Waals surface area contributed by atoms with Gasteiger partial charge >= 0.3 is 5.97 Å². The Balaban J connectivity index is 1.90. The number of benzene rings is 3. The Kier molecular flexibility index (Phi) is 9.53. The van der Waals surface area contributed by atoms with E-state index in [1.165, 1.54) is 42.5 Å². The smallest absolute Gasteiger partial charge is 0.335 e. The van der Waals surface area contributed by atoms with Crippen LogP contribution in [0.1, 0.15) is 34.0 Å². The molecule has 1 amide bonds. The number of nitriles is 1. The summed E-state index contributed by atoms with van der Waals surface area (Å²) < 4.78 is 11.9. The quantitative estimate of drug-likeness (QED) is 0.102. The van der Waals surface area contributed by atoms with Crippen molar-refractivity contribution < 1.29 is 29.1 Å². The average Bonchev–Trinajstić information content (AvgIpc) is 2.92. The molecule has 0 radical (unpaired) electrons. The van der Waals surface area contributed by atoms with Gasteiger partial charge in [0.15, 0.2) is 11.5 Å². The number of carbonyl (C=O) groups is 2. The molecule has 0 unspecified atom stereocenters. The lowest BCUT2D eigenvalue weighted by Gasteiger charge is -2.17. The van der Waals surface area contributed by atoms with E-state index in [1.54, 1.807) is 37.3 Å². The molecule has 0 atom stereocenters. The van der Waals surface area contributed by atoms with Crippen LogP contribution >= 0.6 is 0 Å². The number of carbonyl (C=O) groups excluding carboxylic acids is 1. The zero-order valence-electron chi connectivity index (χ0n) is 21.0. The molecule has 10 nitrogen and oxygen atoms in total. The van der Waals surface area contributed by atoms with Gasteiger partial charge in [-0.15, -0.1) is 6.58 Å². The predicted molar refractivity (Wildman–Crippen MR) is 145 cm³/mol. The van der Waals surface area contributed by atoms with Gasteiger partial charge in [0, 0.05) is 23.4 Å². The number of nitrogens with zero attached hydrogens (tertiary/aromatic N) is 2. The highest BCUT2D eigenvalue weighted by molar-refractivity contribution is 6.09. The highest BCUT2D eigenvalue weighted by atomic mass is 16.6. The first kappa shape index (κ1) is 28.1. The summed E-state index contributed by atoms with van der Waals surface area (Å²) in [7, 11) is 0. The third kappa shape index (κ3) is 7.53. The van der Waals surface area contributed by atoms with Crippen LogP contribution in [0.2, 0.25) is 0 Å². The van der Waals surface area contributed by atoms with Crippen LogP contribution in [-0.2, 0) is 17.8 Å². The molecule has 3 aromatic carbocycles. The molecule has 10 heteroatoms. The lowest BCUT2D eigenvalue weighted by Crippen LogP contribution is -2.13. The van der Waals surface area contributed by atoms with E-state index in [0.717, 1.165) is 5.56 Å². The molecular weight excluding hydrogens is 502 g/mol. The number of nitro benzene ring substituents is 1. The molecule has 198 valence electrons. The molecule has 3 rings (SSSR count). The van der Waals surface area contributed by atoms with E-state index < -0.39 is 16.8 Å². The molecule has 0 aliphatic rings. The largest absolute Gasteiger partial charge is 0.490 e. The van der Waals surface area contributed by atoms with Gasteiger partial charge < -0.3 is 19.9 Å². The molecule has 0 aromatic heterocycles. The van der Waals surface area contributed by atoms with Gasteiger partial charge in [0.05, 0.1) is 17.1 Å². The van der Waals surface area contributed by atoms with Crippen molar-refractivity contribution in [2.45, 2.75) is 20.0 Å². The van der Waals surface area contributed by atoms with Gasteiger partial charge in [-0.2, -0.15) is 5.26 Å². The standard InChI is InChI=1S/C29H25N3O7/c1-3-6-22-13-20(14-23(17-30)28(33)31-24-7-5-8-25(16-24)32(36)37)15-26(38-4-2)27(22)39-18-19-9-11-21(12-10-19)29(34)35/h3,5,7-16H,1,4,6,18H2,2H3,(H,31,33)(H,34,35)/b23-14+. The Hall–Kier alpha value is -5.43. The van der Waals surface area contributed by atoms with Gasteiger partial charge in [0.1, 0.15) is 18.2 Å². The first-order chi connectivity index (χ1) is 18.7. The molecule has 0 aliphatic heterocycles. The van der Waals surface area contributed by atoms with Crippen LogP contribution in [0, 0.1) is 21.4 Å². The first-order valence-electron chi connectivity index (χ1n) is 11.8. The van der Waals surface area contributed by atoms with Crippen LogP contribution in [0.15, 0.2) is 78.9 Å². The zero-order valence-corrected chi connectivity index (χ0v) is 21.0. The van der Waals surface area contributed by atoms with Crippen molar-refractivity contribution in [1.29, 1.82) is 5.26 Å². The molecule has 0 fully saturated rings. The SMILES string of the molecule is C=CCc1cc(/C=C(\C#N)C(=O)Nc2cccc([N+](=O)[O-])c2)cc(OCC)c1OCc1ccc(C(=O)O)cc1. The topological polar surface area (TPSA) is 152 Å². The second kappa shape index (κ2) is 13.2. The third-order valence-electron chi connectivity index (χ3n) is 5.39. The minimum absolute atomic E-state index is 0.147. The van der Waals surface area contributed by atoms with Crippen molar-refractivity contribution in [2.24, 2.45) is 0 Å². The minimum Gasteiger partial charge on any atom is -0.490 e. The number of nitro groups is 1. The van der Waals surface area contributed by atoms with Crippen LogP contribution in [0.4, 0.5) is 11.4 Å². The molecule has 0 bridgehead atoms. The normalized spacial score (nSPS) is 10.7. The highest BCUT2D eigenvalue weighted by Crippen LogP contribution is 2.35. The molecular formula is C29H25N3O7. The number of carboxylic acid groups (broad SMARTS) is 1. The Morgan fingerprint density at radius 3 is 2.51 bits per heavy atom. The Morgan fingerprint density at radius 1 is 1.15 bits per heavy atom. The number of nitrogens with one attached hydrogen (secondary N) is 1. The number of anilines is 1. The second-order valence-electron chi connectivity index (χ2n) is 8.16. The van der Waals surface area contributed by atoms with Gasteiger partial charge in [-0.25, -0.2) is 4.79 Å². The lowest BCUT2D eigenvalue weighted by molar-refractivity contribution is -0.384. The van der Waals surface area contributed by atoms with E-state index in [9.17, 15) is 25.0 Å². The van der Waals surface area contributed by atoms with E-state index in [4.69, 9.17) is 14.6 Å². The van der Waals surface area contributed by atoms with Crippen molar-refractivity contribution in [2.75, 3.05) is 11.9 Å². The van der Waals surface area contributed by atoms with Crippen molar-refractivity contribution >= 4 is 29.3 Å². The molecule has 0 saturated carbocycles. The van der Waals surface area contributed by atoms with Crippen molar-refractivity contribution in [3.8, 4) is 17.6 Å². The van der Waals surface area contributed by atoms with Crippen LogP contribution in [0.25, 0.3) is 6.08 Å². The van der Waals surface area contributed by atoms with E-state index in [1.807, 2.05) is 6.07 Å². The van der Waals surface area contributed by atoms with Gasteiger partial charge in [0.25, 0.3) is 11.6 Å². The summed E-state index contributed by atoms with van der Waals surface area (Å²) in [6, 6.07) is 16.9. The molecule has 0 aliphatic carbocycles. The van der Waals surface area contributed by atoms with Crippen LogP contribution in [-0.4, -0.2) is 28.5 Å². The molecule has 0 spiro atoms. The van der Waals surface area contributed by atoms with E-state index >= 15 is 0 Å². The number of rotatable bonds is 12. The number of carboxylic acids is 1. The number of allylic oxidation sites excluding steroid dienone is 1. The van der Waals surface area contributed by atoms with Gasteiger partial charge in [-0.3, -0.25) is 14.9 Å². The highest BCUT2D eigenvalue weighted by Gasteiger charge is 2.16. The summed E-state index contributed by atoms with van der Waals surface area (Å²) in [5.74, 6) is -0.905. The third-order valence-corrected chi connectivity index (χ3v) is 5.39. The maximum Gasteiger partial charge on any atom is 0.335 e. The van der Waals surface area contributed by atoms with E-state index in [2.05, 4.69) is 11.9 Å². The molecule has 3 aromatic rings. The van der Waals surface area contributed by atoms with E-state index in [0.29, 0.717) is 35.7 Å². The van der Waals surface area contributed by atoms with Gasteiger partial charge in [-0.1, -0.05) is 24.3 Å². The Labute approximate surface area is 224 Å². The number of hydrogen-bond acceptors (Lipinski definition) is 7. The van der Waals surface area contributed by atoms with Gasteiger partial charge in [0.2, 0.25) is 0 Å². The summed E-state index contributed by atoms with van der Waals surface area (Å²) in [6.45, 7) is 6.06. The fourth-order valence-electron chi connectivity index (χ4n) is 3.61. The monoisotopic (exact) mass is 527 g/mol. The van der Waals surface area contributed by atoms with Crippen LogP contribution in [0.3, 0.4) is 0 Å². The molecule has 0 saturated heterocycles. The van der Waals surface area contributed by atoms with Crippen LogP contribution < -0.4 is 14.8 Å². The summed E-state index contributed by atoms with van der Waals surface area (Å²) in [4.78, 5) is 34.3. The maximum absolute atomic E-state index is 12.8. The number of ether oxygens (including phenoxy) is 2. The zero-order chi connectivity index (χ0) is 28.4. The van der Waals surface area contributed by atoms with Crippen molar-refractivity contribution in [3.63, 3.8) is 0 Å². The molecule has 39 heavy (non-hydrogen) atoms. The number of non-ortho nitro benzene ring substituents is 1. The number of amides is 1. The van der Waals surface area contributed by atoms with Crippen molar-refractivity contribution in [3.05, 3.63) is 111 Å². The predicted octanol–water partition coefficient (Wildman–Crippen LogP) is 5.54. The Bertz CT molecular complexity index is 1470. The Morgan fingerprint density at radius 2 is 1.90 bits per heavy atom. The molecule has 0 heterocycles. The summed E-state index contributed by atoms with van der Waals surface area (Å²) in [5.41, 5.74) is 1.87. The van der Waals surface area contributed by atoms with Gasteiger partial charge in [-0.05, 0) is 60.9 Å². The van der Waals surface area contributed by atoms with E-state index in [-0.39, 0.29) is 29.1 Å². The molecule has 2 N–H and O–H groups in total. The summed E-state index contributed by atoms with van der Waals surface area (Å²) in [5, 5.41) is 32.3. The number of aromatic carboxylic acids is 1. The number of hydrogen-bond donors (Lipinski definition) is 2. The summed E-state index contributed by atoms with van der Waals surface area (Å²) >= 11 is 0. The minimum atomic E-state index is -1.02. The van der Waals surface area contributed by atoms with Crippen LogP contribution in [0.5, 0.6) is 11.5 Å². The fraction of sp³-hybridized carbons (Fsp3) is 0.138. The second-order valence-corrected chi connectivity index (χ2v) is 8.16. The van der Waals surface area contributed by atoms with Crippen molar-refractivity contribution in [1.82, 2.24) is 0 Å².